The smallest absolute Gasteiger partial charge is 0.262 e. The molecule has 1 unspecified atom stereocenters. The highest BCUT2D eigenvalue weighted by molar-refractivity contribution is 9.10. The number of benzene rings is 1. The van der Waals surface area contributed by atoms with Crippen LogP contribution >= 0.6 is 15.9 Å². The highest BCUT2D eigenvalue weighted by Crippen LogP contribution is 2.24. The van der Waals surface area contributed by atoms with Crippen molar-refractivity contribution in [2.45, 2.75) is 13.0 Å². The van der Waals surface area contributed by atoms with Gasteiger partial charge in [-0.1, -0.05) is 22.0 Å². The topological polar surface area (TPSA) is 43.4 Å². The van der Waals surface area contributed by atoms with Crippen LogP contribution in [-0.4, -0.2) is 14.7 Å². The maximum Gasteiger partial charge on any atom is 0.264 e. The molecule has 1 atom stereocenters. The summed E-state index contributed by atoms with van der Waals surface area (Å²) >= 11 is 3.11. The van der Waals surface area contributed by atoms with E-state index in [1.54, 1.807) is 6.07 Å². The van der Waals surface area contributed by atoms with E-state index in [-0.39, 0.29) is 5.56 Å². The zero-order valence-electron chi connectivity index (χ0n) is 8.20. The minimum atomic E-state index is -3.58. The standard InChI is InChI=1S/C9H10BrFO3S/c1-6(14-15(2,12)13)8-4-3-7(10)5-9(8)11/h3-6H,1-2H3. The molecule has 0 aliphatic rings. The second-order valence-electron chi connectivity index (χ2n) is 3.11. The Labute approximate surface area is 96.5 Å². The number of hydrogen-bond acceptors (Lipinski definition) is 3. The largest absolute Gasteiger partial charge is 0.264 e. The predicted octanol–water partition coefficient (Wildman–Crippen LogP) is 2.63. The maximum atomic E-state index is 13.4. The summed E-state index contributed by atoms with van der Waals surface area (Å²) < 4.78 is 40.3. The fourth-order valence-electron chi connectivity index (χ4n) is 1.15. The highest BCUT2D eigenvalue weighted by Gasteiger charge is 2.16. The summed E-state index contributed by atoms with van der Waals surface area (Å²) in [6.45, 7) is 1.48. The van der Waals surface area contributed by atoms with Crippen LogP contribution in [0.2, 0.25) is 0 Å². The van der Waals surface area contributed by atoms with Gasteiger partial charge in [-0.05, 0) is 19.1 Å². The lowest BCUT2D eigenvalue weighted by atomic mass is 10.1. The van der Waals surface area contributed by atoms with E-state index in [0.29, 0.717) is 4.47 Å². The van der Waals surface area contributed by atoms with Crippen LogP contribution in [0.3, 0.4) is 0 Å². The molecule has 0 heterocycles. The first kappa shape index (κ1) is 12.6. The maximum absolute atomic E-state index is 13.4. The summed E-state index contributed by atoms with van der Waals surface area (Å²) in [7, 11) is -3.58. The summed E-state index contributed by atoms with van der Waals surface area (Å²) in [5, 5.41) is 0. The molecule has 1 rings (SSSR count). The average Bonchev–Trinajstić information content (AvgIpc) is 1.99. The van der Waals surface area contributed by atoms with Gasteiger partial charge in [0.15, 0.2) is 0 Å². The summed E-state index contributed by atoms with van der Waals surface area (Å²) in [6, 6.07) is 4.37. The van der Waals surface area contributed by atoms with E-state index >= 15 is 0 Å². The van der Waals surface area contributed by atoms with E-state index in [1.165, 1.54) is 19.1 Å². The van der Waals surface area contributed by atoms with Gasteiger partial charge in [0, 0.05) is 10.0 Å². The molecule has 3 nitrogen and oxygen atoms in total. The average molecular weight is 297 g/mol. The third-order valence-corrected chi connectivity index (χ3v) is 2.85. The van der Waals surface area contributed by atoms with Crippen molar-refractivity contribution >= 4 is 26.0 Å². The molecule has 0 fully saturated rings. The van der Waals surface area contributed by atoms with Crippen LogP contribution in [0.1, 0.15) is 18.6 Å². The van der Waals surface area contributed by atoms with Crippen LogP contribution in [0.25, 0.3) is 0 Å². The SMILES string of the molecule is CC(OS(C)(=O)=O)c1ccc(Br)cc1F. The van der Waals surface area contributed by atoms with Crippen molar-refractivity contribution < 1.29 is 17.0 Å². The van der Waals surface area contributed by atoms with Crippen LogP contribution in [0, 0.1) is 5.82 Å². The molecule has 15 heavy (non-hydrogen) atoms. The first-order chi connectivity index (χ1) is 6.79. The van der Waals surface area contributed by atoms with Gasteiger partial charge in [-0.15, -0.1) is 0 Å². The van der Waals surface area contributed by atoms with Crippen molar-refractivity contribution in [3.8, 4) is 0 Å². The monoisotopic (exact) mass is 296 g/mol. The first-order valence-corrected chi connectivity index (χ1v) is 6.74. The van der Waals surface area contributed by atoms with Gasteiger partial charge in [0.05, 0.1) is 6.26 Å². The van der Waals surface area contributed by atoms with E-state index in [1.807, 2.05) is 0 Å². The number of halogens is 2. The Bertz CT molecular complexity index is 458. The Morgan fingerprint density at radius 1 is 1.47 bits per heavy atom. The Kier molecular flexibility index (Phi) is 3.86. The van der Waals surface area contributed by atoms with E-state index in [2.05, 4.69) is 20.1 Å². The fraction of sp³-hybridized carbons (Fsp3) is 0.333. The van der Waals surface area contributed by atoms with Crippen LogP contribution < -0.4 is 0 Å². The van der Waals surface area contributed by atoms with Gasteiger partial charge >= 0.3 is 0 Å². The number of hydrogen-bond donors (Lipinski definition) is 0. The molecule has 0 radical (unpaired) electrons. The molecule has 0 aliphatic heterocycles. The molecular weight excluding hydrogens is 287 g/mol. The Morgan fingerprint density at radius 3 is 2.53 bits per heavy atom. The first-order valence-electron chi connectivity index (χ1n) is 4.13. The summed E-state index contributed by atoms with van der Waals surface area (Å²) in [4.78, 5) is 0. The third kappa shape index (κ3) is 3.89. The summed E-state index contributed by atoms with van der Waals surface area (Å²) in [6.07, 6.45) is 0.105. The summed E-state index contributed by atoms with van der Waals surface area (Å²) in [5.41, 5.74) is 0.212. The van der Waals surface area contributed by atoms with E-state index in [4.69, 9.17) is 0 Å². The van der Waals surface area contributed by atoms with Crippen LogP contribution in [0.15, 0.2) is 22.7 Å². The highest BCUT2D eigenvalue weighted by atomic mass is 79.9. The Balaban J connectivity index is 2.97. The van der Waals surface area contributed by atoms with Crippen molar-refractivity contribution in [1.29, 1.82) is 0 Å². The zero-order chi connectivity index (χ0) is 11.6. The van der Waals surface area contributed by atoms with E-state index < -0.39 is 22.0 Å². The van der Waals surface area contributed by atoms with Gasteiger partial charge in [0.2, 0.25) is 0 Å². The minimum absolute atomic E-state index is 0.212. The van der Waals surface area contributed by atoms with Gasteiger partial charge in [-0.25, -0.2) is 4.39 Å². The minimum Gasteiger partial charge on any atom is -0.262 e. The molecule has 1 aromatic rings. The van der Waals surface area contributed by atoms with Crippen LogP contribution in [0.5, 0.6) is 0 Å². The lowest BCUT2D eigenvalue weighted by Crippen LogP contribution is -2.08. The lowest BCUT2D eigenvalue weighted by Gasteiger charge is -2.12. The van der Waals surface area contributed by atoms with Crippen molar-refractivity contribution in [3.05, 3.63) is 34.1 Å². The van der Waals surface area contributed by atoms with Gasteiger partial charge < -0.3 is 0 Å². The Hall–Kier alpha value is -0.460. The van der Waals surface area contributed by atoms with Crippen LogP contribution in [0.4, 0.5) is 4.39 Å². The molecule has 0 amide bonds. The second-order valence-corrected chi connectivity index (χ2v) is 5.62. The van der Waals surface area contributed by atoms with Crippen molar-refractivity contribution in [1.82, 2.24) is 0 Å². The molecule has 0 N–H and O–H groups in total. The quantitative estimate of drug-likeness (QED) is 0.806. The normalized spacial score (nSPS) is 13.9. The molecule has 0 bridgehead atoms. The van der Waals surface area contributed by atoms with E-state index in [0.717, 1.165) is 6.26 Å². The molecule has 0 saturated carbocycles. The summed E-state index contributed by atoms with van der Waals surface area (Å²) in [5.74, 6) is -0.500. The molecule has 1 aromatic carbocycles. The van der Waals surface area contributed by atoms with Crippen molar-refractivity contribution in [2.75, 3.05) is 6.26 Å². The molecule has 6 heteroatoms. The van der Waals surface area contributed by atoms with Gasteiger partial charge in [-0.2, -0.15) is 8.42 Å². The van der Waals surface area contributed by atoms with Gasteiger partial charge in [0.1, 0.15) is 11.9 Å². The fourth-order valence-corrected chi connectivity index (χ4v) is 2.11. The molecular formula is C9H10BrFO3S. The Morgan fingerprint density at radius 2 is 2.07 bits per heavy atom. The molecule has 0 spiro atoms. The molecule has 0 aliphatic carbocycles. The van der Waals surface area contributed by atoms with E-state index in [9.17, 15) is 12.8 Å². The van der Waals surface area contributed by atoms with Gasteiger partial charge in [-0.3, -0.25) is 4.18 Å². The van der Waals surface area contributed by atoms with Crippen molar-refractivity contribution in [3.63, 3.8) is 0 Å². The van der Waals surface area contributed by atoms with Crippen molar-refractivity contribution in [2.24, 2.45) is 0 Å². The predicted molar refractivity (Wildman–Crippen MR) is 58.4 cm³/mol. The van der Waals surface area contributed by atoms with Gasteiger partial charge in [0.25, 0.3) is 10.1 Å². The second kappa shape index (κ2) is 4.59. The number of rotatable bonds is 3. The molecule has 84 valence electrons. The third-order valence-electron chi connectivity index (χ3n) is 1.72. The lowest BCUT2D eigenvalue weighted by molar-refractivity contribution is 0.231. The van der Waals surface area contributed by atoms with Crippen LogP contribution in [-0.2, 0) is 14.3 Å². The zero-order valence-corrected chi connectivity index (χ0v) is 10.6. The molecule has 0 saturated heterocycles. The molecule has 0 aromatic heterocycles.